The molecule has 14 heteroatoms. The molecule has 2 saturated heterocycles. The van der Waals surface area contributed by atoms with Crippen LogP contribution in [0.4, 0.5) is 24.8 Å². The van der Waals surface area contributed by atoms with E-state index in [2.05, 4.69) is 19.6 Å². The van der Waals surface area contributed by atoms with Gasteiger partial charge in [-0.25, -0.2) is 27.9 Å². The fourth-order valence-electron chi connectivity index (χ4n) is 3.24. The second-order valence-corrected chi connectivity index (χ2v) is 10.0. The van der Waals surface area contributed by atoms with Crippen LogP contribution in [0, 0.1) is 5.92 Å². The van der Waals surface area contributed by atoms with Crippen molar-refractivity contribution >= 4 is 27.6 Å². The summed E-state index contributed by atoms with van der Waals surface area (Å²) in [4.78, 5) is 21.7. The van der Waals surface area contributed by atoms with Gasteiger partial charge in [0, 0.05) is 26.7 Å². The van der Waals surface area contributed by atoms with Crippen molar-refractivity contribution in [1.82, 2.24) is 14.7 Å². The molecule has 2 aliphatic rings. The van der Waals surface area contributed by atoms with Crippen molar-refractivity contribution in [2.45, 2.75) is 31.5 Å². The zero-order chi connectivity index (χ0) is 24.2. The van der Waals surface area contributed by atoms with Crippen molar-refractivity contribution < 1.29 is 36.2 Å². The van der Waals surface area contributed by atoms with Gasteiger partial charge in [-0.15, -0.1) is 0 Å². The Hall–Kier alpha value is -2.19. The summed E-state index contributed by atoms with van der Waals surface area (Å²) in [7, 11) is 0.791. The van der Waals surface area contributed by atoms with Crippen LogP contribution in [0.3, 0.4) is 0 Å². The quantitative estimate of drug-likeness (QED) is 0.612. The van der Waals surface area contributed by atoms with E-state index in [0.29, 0.717) is 13.2 Å². The van der Waals surface area contributed by atoms with Gasteiger partial charge in [0.15, 0.2) is 0 Å². The number of nitrogens with zero attached hydrogens (tertiary/aromatic N) is 4. The predicted molar refractivity (Wildman–Crippen MR) is 111 cm³/mol. The molecule has 0 amide bonds. The van der Waals surface area contributed by atoms with E-state index in [9.17, 15) is 21.6 Å². The Morgan fingerprint density at radius 2 is 2.00 bits per heavy atom. The summed E-state index contributed by atoms with van der Waals surface area (Å²) in [6.45, 7) is 4.36. The van der Waals surface area contributed by atoms with E-state index in [0.717, 1.165) is 37.6 Å². The Balaban J connectivity index is 0.000000451. The summed E-state index contributed by atoms with van der Waals surface area (Å²) in [6.07, 6.45) is -1.56. The number of rotatable bonds is 6. The van der Waals surface area contributed by atoms with Crippen LogP contribution >= 0.6 is 0 Å². The number of anilines is 2. The van der Waals surface area contributed by atoms with Crippen molar-refractivity contribution in [1.29, 1.82) is 0 Å². The normalized spacial score (nSPS) is 20.2. The van der Waals surface area contributed by atoms with Crippen LogP contribution < -0.4 is 14.5 Å². The molecule has 2 N–H and O–H groups in total. The molecular weight excluding hydrogens is 455 g/mol. The van der Waals surface area contributed by atoms with E-state index in [1.54, 1.807) is 13.3 Å². The van der Waals surface area contributed by atoms with E-state index in [1.807, 2.05) is 25.1 Å². The number of carboxylic acids is 1. The van der Waals surface area contributed by atoms with Crippen LogP contribution in [0.15, 0.2) is 12.4 Å². The molecule has 1 atom stereocenters. The minimum Gasteiger partial charge on any atom is -0.475 e. The third-order valence-electron chi connectivity index (χ3n) is 5.23. The maximum atomic E-state index is 11.5. The first kappa shape index (κ1) is 26.1. The first-order chi connectivity index (χ1) is 14.8. The standard InChI is InChI=1S/C16H27N5O3S.C2HF3O2/c1-4-25(22,23)19-8-13-5-6-16(24-9-13)10-21(11-16)15-7-14(20(2)3)17-12-18-15;3-2(4,5)1(6)7/h7,12-13,19H,4-6,8-11H2,1-3H3;(H,6,7). The van der Waals surface area contributed by atoms with Crippen molar-refractivity contribution in [3.63, 3.8) is 0 Å². The molecule has 182 valence electrons. The average molecular weight is 484 g/mol. The van der Waals surface area contributed by atoms with Crippen LogP contribution in [0.25, 0.3) is 0 Å². The fourth-order valence-corrected chi connectivity index (χ4v) is 3.93. The molecule has 0 bridgehead atoms. The number of sulfonamides is 1. The number of carboxylic acid groups (broad SMARTS) is 1. The molecule has 1 aromatic rings. The highest BCUT2D eigenvalue weighted by Crippen LogP contribution is 2.38. The summed E-state index contributed by atoms with van der Waals surface area (Å²) >= 11 is 0. The molecule has 2 fully saturated rings. The zero-order valence-corrected chi connectivity index (χ0v) is 18.9. The molecule has 1 unspecified atom stereocenters. The Morgan fingerprint density at radius 3 is 2.47 bits per heavy atom. The number of alkyl halides is 3. The molecule has 0 saturated carbocycles. The number of hydrogen-bond donors (Lipinski definition) is 2. The molecule has 1 aromatic heterocycles. The first-order valence-corrected chi connectivity index (χ1v) is 11.6. The highest BCUT2D eigenvalue weighted by molar-refractivity contribution is 7.89. The van der Waals surface area contributed by atoms with Gasteiger partial charge in [0.25, 0.3) is 0 Å². The number of hydrogen-bond acceptors (Lipinski definition) is 8. The van der Waals surface area contributed by atoms with Gasteiger partial charge in [-0.3, -0.25) is 0 Å². The lowest BCUT2D eigenvalue weighted by atomic mass is 9.83. The van der Waals surface area contributed by atoms with E-state index < -0.39 is 22.2 Å². The fraction of sp³-hybridized carbons (Fsp3) is 0.722. The van der Waals surface area contributed by atoms with Crippen molar-refractivity contribution in [3.8, 4) is 0 Å². The van der Waals surface area contributed by atoms with Gasteiger partial charge in [-0.1, -0.05) is 0 Å². The minimum atomic E-state index is -5.08. The number of halogens is 3. The van der Waals surface area contributed by atoms with Crippen LogP contribution in [0.1, 0.15) is 19.8 Å². The van der Waals surface area contributed by atoms with Crippen LogP contribution in [-0.2, 0) is 19.6 Å². The highest BCUT2D eigenvalue weighted by Gasteiger charge is 2.47. The molecule has 0 aliphatic carbocycles. The maximum Gasteiger partial charge on any atom is 0.490 e. The number of ether oxygens (including phenoxy) is 1. The van der Waals surface area contributed by atoms with Gasteiger partial charge in [0.05, 0.1) is 25.4 Å². The lowest BCUT2D eigenvalue weighted by Gasteiger charge is -2.53. The second kappa shape index (κ2) is 10.2. The van der Waals surface area contributed by atoms with E-state index >= 15 is 0 Å². The topological polar surface area (TPSA) is 125 Å². The summed E-state index contributed by atoms with van der Waals surface area (Å²) in [5.41, 5.74) is -0.108. The molecule has 3 heterocycles. The summed E-state index contributed by atoms with van der Waals surface area (Å²) in [5.74, 6) is -0.578. The largest absolute Gasteiger partial charge is 0.490 e. The molecule has 2 aliphatic heterocycles. The Kier molecular flexibility index (Phi) is 8.28. The molecule has 0 radical (unpaired) electrons. The maximum absolute atomic E-state index is 11.5. The summed E-state index contributed by atoms with van der Waals surface area (Å²) < 4.78 is 63.6. The Labute approximate surface area is 184 Å². The summed E-state index contributed by atoms with van der Waals surface area (Å²) in [5, 5.41) is 7.12. The average Bonchev–Trinajstić information content (AvgIpc) is 2.71. The van der Waals surface area contributed by atoms with Crippen LogP contribution in [-0.4, -0.2) is 87.3 Å². The smallest absolute Gasteiger partial charge is 0.475 e. The van der Waals surface area contributed by atoms with Crippen LogP contribution in [0.2, 0.25) is 0 Å². The molecular formula is C18H28F3N5O5S. The third kappa shape index (κ3) is 7.17. The van der Waals surface area contributed by atoms with E-state index in [4.69, 9.17) is 14.6 Å². The van der Waals surface area contributed by atoms with E-state index in [-0.39, 0.29) is 17.3 Å². The van der Waals surface area contributed by atoms with Gasteiger partial charge in [-0.2, -0.15) is 13.2 Å². The molecule has 32 heavy (non-hydrogen) atoms. The van der Waals surface area contributed by atoms with Crippen LogP contribution in [0.5, 0.6) is 0 Å². The summed E-state index contributed by atoms with van der Waals surface area (Å²) in [6, 6.07) is 1.98. The molecule has 10 nitrogen and oxygen atoms in total. The van der Waals surface area contributed by atoms with Gasteiger partial charge in [0.2, 0.25) is 10.0 Å². The number of aliphatic carboxylic acids is 1. The third-order valence-corrected chi connectivity index (χ3v) is 6.59. The lowest BCUT2D eigenvalue weighted by Crippen LogP contribution is -2.65. The van der Waals surface area contributed by atoms with Crippen molar-refractivity contribution in [2.24, 2.45) is 5.92 Å². The zero-order valence-electron chi connectivity index (χ0n) is 18.1. The molecule has 3 rings (SSSR count). The molecule has 0 aromatic carbocycles. The number of aromatic nitrogens is 2. The predicted octanol–water partition coefficient (Wildman–Crippen LogP) is 1.10. The Morgan fingerprint density at radius 1 is 1.38 bits per heavy atom. The van der Waals surface area contributed by atoms with E-state index in [1.165, 1.54) is 0 Å². The van der Waals surface area contributed by atoms with Crippen molar-refractivity contribution in [3.05, 3.63) is 12.4 Å². The SMILES string of the molecule is CCS(=O)(=O)NCC1CCC2(CN(c3cc(N(C)C)ncn3)C2)OC1.O=C(O)C(F)(F)F. The van der Waals surface area contributed by atoms with Gasteiger partial charge >= 0.3 is 12.1 Å². The number of nitrogens with one attached hydrogen (secondary N) is 1. The van der Waals surface area contributed by atoms with Gasteiger partial charge in [0.1, 0.15) is 23.6 Å². The Bertz CT molecular complexity index is 881. The first-order valence-electron chi connectivity index (χ1n) is 9.92. The second-order valence-electron chi connectivity index (χ2n) is 7.94. The lowest BCUT2D eigenvalue weighted by molar-refractivity contribution is -0.192. The van der Waals surface area contributed by atoms with Gasteiger partial charge in [-0.05, 0) is 25.7 Å². The minimum absolute atomic E-state index is 0.108. The van der Waals surface area contributed by atoms with Crippen molar-refractivity contribution in [2.75, 3.05) is 55.9 Å². The van der Waals surface area contributed by atoms with Gasteiger partial charge < -0.3 is 19.6 Å². The highest BCUT2D eigenvalue weighted by atomic mass is 32.2. The monoisotopic (exact) mass is 483 g/mol. The molecule has 1 spiro atoms. The number of carbonyl (C=O) groups is 1.